The molecule has 3 nitrogen and oxygen atoms in total. The number of hydrogen-bond donors (Lipinski definition) is 1. The van der Waals surface area contributed by atoms with Crippen LogP contribution < -0.4 is 10.1 Å². The van der Waals surface area contributed by atoms with Crippen molar-refractivity contribution < 1.29 is 9.53 Å². The Hall–Kier alpha value is -1.81. The normalized spacial score (nSPS) is 10.2. The third kappa shape index (κ3) is 4.41. The fourth-order valence-corrected chi connectivity index (χ4v) is 2.41. The van der Waals surface area contributed by atoms with E-state index in [1.165, 1.54) is 11.3 Å². The fraction of sp³-hybridized carbons (Fsp3) is 0.267. The standard InChI is InChI=1S/C15H17NO2S/c1-12-8-9-14(19-12)15(17)16-10-5-11-18-13-6-3-2-4-7-13/h2-4,6-9H,5,10-11H2,1H3,(H,16,17). The lowest BCUT2D eigenvalue weighted by Crippen LogP contribution is -2.24. The van der Waals surface area contributed by atoms with Gasteiger partial charge in [-0.05, 0) is 37.6 Å². The number of nitrogens with one attached hydrogen (secondary N) is 1. The molecule has 1 aromatic heterocycles. The van der Waals surface area contributed by atoms with E-state index in [2.05, 4.69) is 5.32 Å². The largest absolute Gasteiger partial charge is 0.494 e. The van der Waals surface area contributed by atoms with Crippen LogP contribution in [0.15, 0.2) is 42.5 Å². The molecule has 0 bridgehead atoms. The minimum atomic E-state index is -0.00203. The Morgan fingerprint density at radius 2 is 2.00 bits per heavy atom. The molecule has 0 aliphatic heterocycles. The van der Waals surface area contributed by atoms with Crippen LogP contribution in [0.5, 0.6) is 5.75 Å². The molecule has 0 saturated heterocycles. The lowest BCUT2D eigenvalue weighted by molar-refractivity contribution is 0.0955. The molecular formula is C15H17NO2S. The average molecular weight is 275 g/mol. The highest BCUT2D eigenvalue weighted by Gasteiger charge is 2.06. The summed E-state index contributed by atoms with van der Waals surface area (Å²) in [6, 6.07) is 13.5. The maximum Gasteiger partial charge on any atom is 0.261 e. The van der Waals surface area contributed by atoms with Crippen molar-refractivity contribution in [3.05, 3.63) is 52.2 Å². The smallest absolute Gasteiger partial charge is 0.261 e. The summed E-state index contributed by atoms with van der Waals surface area (Å²) >= 11 is 1.51. The van der Waals surface area contributed by atoms with Crippen molar-refractivity contribution in [3.63, 3.8) is 0 Å². The molecule has 4 heteroatoms. The molecule has 0 aliphatic rings. The van der Waals surface area contributed by atoms with Gasteiger partial charge in [0, 0.05) is 11.4 Å². The molecule has 1 aromatic carbocycles. The number of rotatable bonds is 6. The second-order valence-electron chi connectivity index (χ2n) is 4.18. The van der Waals surface area contributed by atoms with Gasteiger partial charge in [0.15, 0.2) is 0 Å². The number of aryl methyl sites for hydroxylation is 1. The van der Waals surface area contributed by atoms with Crippen LogP contribution in [0.1, 0.15) is 21.0 Å². The van der Waals surface area contributed by atoms with Crippen molar-refractivity contribution in [2.45, 2.75) is 13.3 Å². The summed E-state index contributed by atoms with van der Waals surface area (Å²) in [4.78, 5) is 13.7. The minimum absolute atomic E-state index is 0.00203. The van der Waals surface area contributed by atoms with Crippen LogP contribution >= 0.6 is 11.3 Å². The Morgan fingerprint density at radius 1 is 1.21 bits per heavy atom. The van der Waals surface area contributed by atoms with E-state index in [1.807, 2.05) is 49.4 Å². The lowest BCUT2D eigenvalue weighted by atomic mass is 10.3. The number of benzene rings is 1. The molecule has 1 amide bonds. The summed E-state index contributed by atoms with van der Waals surface area (Å²) in [5, 5.41) is 2.89. The van der Waals surface area contributed by atoms with Gasteiger partial charge in [0.25, 0.3) is 5.91 Å². The van der Waals surface area contributed by atoms with Crippen molar-refractivity contribution in [3.8, 4) is 5.75 Å². The first-order chi connectivity index (χ1) is 9.25. The Morgan fingerprint density at radius 3 is 2.68 bits per heavy atom. The number of ether oxygens (including phenoxy) is 1. The van der Waals surface area contributed by atoms with E-state index in [4.69, 9.17) is 4.74 Å². The van der Waals surface area contributed by atoms with Crippen molar-refractivity contribution >= 4 is 17.2 Å². The third-order valence-electron chi connectivity index (χ3n) is 2.58. The molecule has 100 valence electrons. The molecule has 2 rings (SSSR count). The Bertz CT molecular complexity index is 522. The van der Waals surface area contributed by atoms with Gasteiger partial charge in [-0.15, -0.1) is 11.3 Å². The first-order valence-corrected chi connectivity index (χ1v) is 7.10. The van der Waals surface area contributed by atoms with Crippen molar-refractivity contribution in [1.82, 2.24) is 5.32 Å². The van der Waals surface area contributed by atoms with E-state index in [1.54, 1.807) is 0 Å². The highest BCUT2D eigenvalue weighted by molar-refractivity contribution is 7.13. The van der Waals surface area contributed by atoms with Crippen molar-refractivity contribution in [2.75, 3.05) is 13.2 Å². The zero-order chi connectivity index (χ0) is 13.5. The van der Waals surface area contributed by atoms with Gasteiger partial charge in [-0.2, -0.15) is 0 Å². The highest BCUT2D eigenvalue weighted by Crippen LogP contribution is 2.14. The van der Waals surface area contributed by atoms with Gasteiger partial charge in [0.2, 0.25) is 0 Å². The summed E-state index contributed by atoms with van der Waals surface area (Å²) in [5.74, 6) is 0.862. The summed E-state index contributed by atoms with van der Waals surface area (Å²) < 4.78 is 5.55. The molecule has 2 aromatic rings. The predicted molar refractivity (Wildman–Crippen MR) is 77.9 cm³/mol. The lowest BCUT2D eigenvalue weighted by Gasteiger charge is -2.06. The second kappa shape index (κ2) is 6.95. The first-order valence-electron chi connectivity index (χ1n) is 6.28. The van der Waals surface area contributed by atoms with E-state index in [9.17, 15) is 4.79 Å². The summed E-state index contributed by atoms with van der Waals surface area (Å²) in [6.45, 7) is 3.23. The van der Waals surface area contributed by atoms with Crippen molar-refractivity contribution in [2.24, 2.45) is 0 Å². The van der Waals surface area contributed by atoms with Gasteiger partial charge in [-0.1, -0.05) is 18.2 Å². The molecule has 0 atom stereocenters. The van der Waals surface area contributed by atoms with Crippen LogP contribution in [0.3, 0.4) is 0 Å². The molecular weight excluding hydrogens is 258 g/mol. The molecule has 0 radical (unpaired) electrons. The summed E-state index contributed by atoms with van der Waals surface area (Å²) in [6.07, 6.45) is 0.797. The van der Waals surface area contributed by atoms with Crippen molar-refractivity contribution in [1.29, 1.82) is 0 Å². The van der Waals surface area contributed by atoms with Gasteiger partial charge < -0.3 is 10.1 Å². The zero-order valence-corrected chi connectivity index (χ0v) is 11.7. The van der Waals surface area contributed by atoms with Crippen LogP contribution in [-0.4, -0.2) is 19.1 Å². The van der Waals surface area contributed by atoms with E-state index in [0.29, 0.717) is 13.2 Å². The predicted octanol–water partition coefficient (Wildman–Crippen LogP) is 3.26. The summed E-state index contributed by atoms with van der Waals surface area (Å²) in [5.41, 5.74) is 0. The number of thiophene rings is 1. The monoisotopic (exact) mass is 275 g/mol. The molecule has 0 spiro atoms. The molecule has 19 heavy (non-hydrogen) atoms. The first kappa shape index (κ1) is 13.6. The van der Waals surface area contributed by atoms with Gasteiger partial charge in [0.05, 0.1) is 11.5 Å². The molecule has 1 N–H and O–H groups in total. The quantitative estimate of drug-likeness (QED) is 0.822. The number of para-hydroxylation sites is 1. The van der Waals surface area contributed by atoms with E-state index < -0.39 is 0 Å². The molecule has 0 saturated carbocycles. The van der Waals surface area contributed by atoms with Gasteiger partial charge in [0.1, 0.15) is 5.75 Å². The number of amides is 1. The Kier molecular flexibility index (Phi) is 4.98. The number of hydrogen-bond acceptors (Lipinski definition) is 3. The maximum atomic E-state index is 11.7. The van der Waals surface area contributed by atoms with Crippen LogP contribution in [0, 0.1) is 6.92 Å². The molecule has 1 heterocycles. The van der Waals surface area contributed by atoms with Crippen LogP contribution in [0.25, 0.3) is 0 Å². The molecule has 0 unspecified atom stereocenters. The van der Waals surface area contributed by atoms with Gasteiger partial charge in [-0.25, -0.2) is 0 Å². The SMILES string of the molecule is Cc1ccc(C(=O)NCCCOc2ccccc2)s1. The zero-order valence-electron chi connectivity index (χ0n) is 10.9. The molecule has 0 aliphatic carbocycles. The Balaban J connectivity index is 1.63. The maximum absolute atomic E-state index is 11.7. The van der Waals surface area contributed by atoms with Gasteiger partial charge in [-0.3, -0.25) is 4.79 Å². The number of carbonyl (C=O) groups excluding carboxylic acids is 1. The second-order valence-corrected chi connectivity index (χ2v) is 5.47. The summed E-state index contributed by atoms with van der Waals surface area (Å²) in [7, 11) is 0. The van der Waals surface area contributed by atoms with E-state index >= 15 is 0 Å². The number of carbonyl (C=O) groups is 1. The fourth-order valence-electron chi connectivity index (χ4n) is 1.62. The van der Waals surface area contributed by atoms with Gasteiger partial charge >= 0.3 is 0 Å². The van der Waals surface area contributed by atoms with Crippen LogP contribution in [-0.2, 0) is 0 Å². The van der Waals surface area contributed by atoms with Crippen LogP contribution in [0.4, 0.5) is 0 Å². The molecule has 0 fully saturated rings. The topological polar surface area (TPSA) is 38.3 Å². The van der Waals surface area contributed by atoms with Crippen LogP contribution in [0.2, 0.25) is 0 Å². The average Bonchev–Trinajstić information content (AvgIpc) is 2.86. The third-order valence-corrected chi connectivity index (χ3v) is 3.58. The minimum Gasteiger partial charge on any atom is -0.494 e. The van der Waals surface area contributed by atoms with E-state index in [0.717, 1.165) is 21.9 Å². The Labute approximate surface area is 117 Å². The highest BCUT2D eigenvalue weighted by atomic mass is 32.1. The van der Waals surface area contributed by atoms with E-state index in [-0.39, 0.29) is 5.91 Å².